The third-order valence-corrected chi connectivity index (χ3v) is 4.06. The highest BCUT2D eigenvalue weighted by Crippen LogP contribution is 2.14. The Balaban J connectivity index is 0.00000364. The Morgan fingerprint density at radius 2 is 1.81 bits per heavy atom. The first-order valence-corrected chi connectivity index (χ1v) is 8.96. The second-order valence-corrected chi connectivity index (χ2v) is 5.98. The zero-order valence-electron chi connectivity index (χ0n) is 15.6. The first kappa shape index (κ1) is 23.0. The van der Waals surface area contributed by atoms with Gasteiger partial charge in [0.25, 0.3) is 0 Å². The largest absolute Gasteiger partial charge is 0.482 e. The van der Waals surface area contributed by atoms with Crippen LogP contribution in [0.4, 0.5) is 0 Å². The van der Waals surface area contributed by atoms with Gasteiger partial charge >= 0.3 is 5.97 Å². The summed E-state index contributed by atoms with van der Waals surface area (Å²) in [5, 5.41) is 13.0. The van der Waals surface area contributed by atoms with Gasteiger partial charge in [0.1, 0.15) is 5.75 Å². The summed E-state index contributed by atoms with van der Waals surface area (Å²) in [6.45, 7) is 3.74. The van der Waals surface area contributed by atoms with Crippen LogP contribution in [0.1, 0.15) is 24.0 Å². The predicted octanol–water partition coefficient (Wildman–Crippen LogP) is 2.96. The van der Waals surface area contributed by atoms with E-state index >= 15 is 0 Å². The van der Waals surface area contributed by atoms with Gasteiger partial charge < -0.3 is 19.9 Å². The van der Waals surface area contributed by atoms with Crippen LogP contribution in [0.3, 0.4) is 0 Å². The van der Waals surface area contributed by atoms with Crippen LogP contribution in [0.15, 0.2) is 54.6 Å². The number of hydrogen-bond acceptors (Lipinski definition) is 5. The molecule has 148 valence electrons. The van der Waals surface area contributed by atoms with Gasteiger partial charge in [-0.15, -0.1) is 12.4 Å². The number of aliphatic hydroxyl groups is 1. The molecule has 0 spiro atoms. The zero-order valence-corrected chi connectivity index (χ0v) is 16.4. The topological polar surface area (TPSA) is 67.8 Å². The van der Waals surface area contributed by atoms with E-state index in [0.717, 1.165) is 25.1 Å². The fourth-order valence-corrected chi connectivity index (χ4v) is 2.62. The molecule has 0 aliphatic heterocycles. The maximum atomic E-state index is 11.3. The summed E-state index contributed by atoms with van der Waals surface area (Å²) in [6, 6.07) is 17.7. The quantitative estimate of drug-likeness (QED) is 0.454. The Hall–Kier alpha value is -2.08. The molecule has 27 heavy (non-hydrogen) atoms. The van der Waals surface area contributed by atoms with Gasteiger partial charge in [0, 0.05) is 12.5 Å². The summed E-state index contributed by atoms with van der Waals surface area (Å²) in [5.41, 5.74) is 2.33. The number of hydrogen-bond donors (Lipinski definition) is 2. The molecule has 0 radical (unpaired) electrons. The van der Waals surface area contributed by atoms with Crippen molar-refractivity contribution in [1.29, 1.82) is 0 Å². The fourth-order valence-electron chi connectivity index (χ4n) is 2.62. The van der Waals surface area contributed by atoms with Crippen LogP contribution in [0.25, 0.3) is 0 Å². The third-order valence-electron chi connectivity index (χ3n) is 4.06. The van der Waals surface area contributed by atoms with Crippen LogP contribution < -0.4 is 10.1 Å². The van der Waals surface area contributed by atoms with Crippen molar-refractivity contribution in [3.8, 4) is 5.75 Å². The smallest absolute Gasteiger partial charge is 0.344 e. The van der Waals surface area contributed by atoms with Crippen molar-refractivity contribution in [2.45, 2.75) is 19.3 Å². The molecular weight excluding hydrogens is 366 g/mol. The average molecular weight is 394 g/mol. The van der Waals surface area contributed by atoms with Gasteiger partial charge in [-0.2, -0.15) is 0 Å². The Morgan fingerprint density at radius 1 is 1.11 bits per heavy atom. The van der Waals surface area contributed by atoms with Crippen molar-refractivity contribution in [2.24, 2.45) is 0 Å². The lowest BCUT2D eigenvalue weighted by Crippen LogP contribution is -2.25. The lowest BCUT2D eigenvalue weighted by Gasteiger charge is -2.15. The molecule has 2 rings (SSSR count). The van der Waals surface area contributed by atoms with E-state index < -0.39 is 0 Å². The second-order valence-electron chi connectivity index (χ2n) is 5.98. The molecule has 2 aromatic carbocycles. The highest BCUT2D eigenvalue weighted by molar-refractivity contribution is 5.85. The molecule has 5 nitrogen and oxygen atoms in total. The summed E-state index contributed by atoms with van der Waals surface area (Å²) in [4.78, 5) is 11.3. The Bertz CT molecular complexity index is 649. The minimum Gasteiger partial charge on any atom is -0.482 e. The van der Waals surface area contributed by atoms with Crippen LogP contribution in [-0.4, -0.2) is 44.0 Å². The number of ether oxygens (including phenoxy) is 2. The molecule has 0 heterocycles. The Labute approximate surface area is 167 Å². The lowest BCUT2D eigenvalue weighted by molar-refractivity contribution is -0.145. The first-order valence-electron chi connectivity index (χ1n) is 8.96. The minimum absolute atomic E-state index is 0. The molecule has 1 atom stereocenters. The number of carbonyl (C=O) groups excluding carboxylic acids is 1. The molecule has 0 aliphatic rings. The molecule has 0 bridgehead atoms. The minimum atomic E-state index is -0.363. The van der Waals surface area contributed by atoms with Crippen LogP contribution in [0, 0.1) is 0 Å². The van der Waals surface area contributed by atoms with Crippen molar-refractivity contribution in [1.82, 2.24) is 5.32 Å². The molecule has 2 aromatic rings. The highest BCUT2D eigenvalue weighted by Gasteiger charge is 2.09. The van der Waals surface area contributed by atoms with E-state index in [1.807, 2.05) is 54.6 Å². The molecular formula is C21H28ClNO4. The SMILES string of the molecule is CCOC(=O)COc1ccc(CCNCC(CO)c2ccccc2)cc1.Cl. The summed E-state index contributed by atoms with van der Waals surface area (Å²) in [7, 11) is 0. The summed E-state index contributed by atoms with van der Waals surface area (Å²) >= 11 is 0. The monoisotopic (exact) mass is 393 g/mol. The lowest BCUT2D eigenvalue weighted by atomic mass is 10.00. The van der Waals surface area contributed by atoms with Gasteiger partial charge in [0.05, 0.1) is 13.2 Å². The standard InChI is InChI=1S/C21H27NO4.ClH/c1-2-25-21(24)16-26-20-10-8-17(9-11-20)12-13-22-14-19(15-23)18-6-4-3-5-7-18;/h3-11,19,22-23H,2,12-16H2,1H3;1H. The molecule has 0 saturated carbocycles. The number of benzene rings is 2. The number of carbonyl (C=O) groups is 1. The third kappa shape index (κ3) is 8.43. The Morgan fingerprint density at radius 3 is 2.44 bits per heavy atom. The van der Waals surface area contributed by atoms with E-state index in [1.165, 1.54) is 5.56 Å². The maximum Gasteiger partial charge on any atom is 0.344 e. The van der Waals surface area contributed by atoms with Gasteiger partial charge in [-0.05, 0) is 43.1 Å². The van der Waals surface area contributed by atoms with Crippen molar-refractivity contribution < 1.29 is 19.4 Å². The molecule has 6 heteroatoms. The van der Waals surface area contributed by atoms with Gasteiger partial charge in [-0.1, -0.05) is 42.5 Å². The molecule has 0 amide bonds. The number of aliphatic hydroxyl groups excluding tert-OH is 1. The van der Waals surface area contributed by atoms with Crippen LogP contribution in [0.5, 0.6) is 5.75 Å². The molecule has 0 saturated heterocycles. The van der Waals surface area contributed by atoms with Crippen molar-refractivity contribution in [3.63, 3.8) is 0 Å². The molecule has 0 aromatic heterocycles. The zero-order chi connectivity index (χ0) is 18.6. The van der Waals surface area contributed by atoms with E-state index in [1.54, 1.807) is 6.92 Å². The van der Waals surface area contributed by atoms with E-state index in [0.29, 0.717) is 12.4 Å². The maximum absolute atomic E-state index is 11.3. The van der Waals surface area contributed by atoms with Gasteiger partial charge in [-0.25, -0.2) is 4.79 Å². The molecule has 1 unspecified atom stereocenters. The second kappa shape index (κ2) is 13.1. The fraction of sp³-hybridized carbons (Fsp3) is 0.381. The van der Waals surface area contributed by atoms with Crippen LogP contribution in [0.2, 0.25) is 0 Å². The predicted molar refractivity (Wildman–Crippen MR) is 109 cm³/mol. The van der Waals surface area contributed by atoms with Crippen LogP contribution >= 0.6 is 12.4 Å². The van der Waals surface area contributed by atoms with Gasteiger partial charge in [0.2, 0.25) is 0 Å². The Kier molecular flexibility index (Phi) is 11.2. The normalized spacial score (nSPS) is 11.3. The highest BCUT2D eigenvalue weighted by atomic mass is 35.5. The molecule has 2 N–H and O–H groups in total. The van der Waals surface area contributed by atoms with Gasteiger partial charge in [0.15, 0.2) is 6.61 Å². The van der Waals surface area contributed by atoms with Crippen LogP contribution in [-0.2, 0) is 16.0 Å². The van der Waals surface area contributed by atoms with Crippen molar-refractivity contribution in [2.75, 3.05) is 32.9 Å². The summed E-state index contributed by atoms with van der Waals surface area (Å²) in [5.74, 6) is 0.395. The van der Waals surface area contributed by atoms with E-state index in [2.05, 4.69) is 5.32 Å². The number of nitrogens with one attached hydrogen (secondary N) is 1. The van der Waals surface area contributed by atoms with Crippen molar-refractivity contribution in [3.05, 3.63) is 65.7 Å². The number of esters is 1. The van der Waals surface area contributed by atoms with E-state index in [-0.39, 0.29) is 37.5 Å². The summed E-state index contributed by atoms with van der Waals surface area (Å²) < 4.78 is 10.2. The van der Waals surface area contributed by atoms with E-state index in [4.69, 9.17) is 9.47 Å². The molecule has 0 aliphatic carbocycles. The van der Waals surface area contributed by atoms with Gasteiger partial charge in [-0.3, -0.25) is 0 Å². The number of halogens is 1. The molecule has 0 fully saturated rings. The number of rotatable bonds is 11. The van der Waals surface area contributed by atoms with E-state index in [9.17, 15) is 9.90 Å². The average Bonchev–Trinajstić information content (AvgIpc) is 2.68. The van der Waals surface area contributed by atoms with Crippen molar-refractivity contribution >= 4 is 18.4 Å². The summed E-state index contributed by atoms with van der Waals surface area (Å²) in [6.07, 6.45) is 0.880. The first-order chi connectivity index (χ1) is 12.7.